The van der Waals surface area contributed by atoms with Gasteiger partial charge in [0.25, 0.3) is 0 Å². The van der Waals surface area contributed by atoms with Crippen molar-refractivity contribution >= 4 is 40.0 Å². The number of hydrogen-bond donors (Lipinski definition) is 3. The molecule has 0 bridgehead atoms. The summed E-state index contributed by atoms with van der Waals surface area (Å²) in [7, 11) is -3.10. The zero-order chi connectivity index (χ0) is 16.1. The van der Waals surface area contributed by atoms with E-state index in [-0.39, 0.29) is 24.0 Å². The van der Waals surface area contributed by atoms with Crippen LogP contribution in [-0.2, 0) is 10.0 Å². The first-order valence-electron chi connectivity index (χ1n) is 7.88. The van der Waals surface area contributed by atoms with Crippen LogP contribution in [0.2, 0.25) is 0 Å². The third-order valence-electron chi connectivity index (χ3n) is 2.94. The van der Waals surface area contributed by atoms with Gasteiger partial charge >= 0.3 is 0 Å². The first kappa shape index (κ1) is 24.2. The fourth-order valence-corrected chi connectivity index (χ4v) is 2.37. The summed E-state index contributed by atoms with van der Waals surface area (Å²) in [6, 6.07) is 0.392. The van der Waals surface area contributed by atoms with Gasteiger partial charge in [0.15, 0.2) is 5.96 Å². The van der Waals surface area contributed by atoms with Crippen molar-refractivity contribution in [2.24, 2.45) is 4.99 Å². The molecule has 0 saturated carbocycles. The molecule has 1 unspecified atom stereocenters. The molecule has 0 aliphatic carbocycles. The predicted octanol–water partition coefficient (Wildman–Crippen LogP) is 2.07. The second-order valence-electron chi connectivity index (χ2n) is 5.32. The van der Waals surface area contributed by atoms with Crippen LogP contribution in [-0.4, -0.2) is 46.3 Å². The standard InChI is InChI=1S/C14H32N4O2S.HI/c1-5-7-8-10-13(3)18-14(15-6-2)16-11-9-12-17-21(4,19)20;/h13,17H,5-12H2,1-4H3,(H2,15,16,18);1H. The van der Waals surface area contributed by atoms with E-state index in [0.717, 1.165) is 18.9 Å². The molecule has 0 fully saturated rings. The largest absolute Gasteiger partial charge is 0.357 e. The smallest absolute Gasteiger partial charge is 0.208 e. The summed E-state index contributed by atoms with van der Waals surface area (Å²) in [4.78, 5) is 4.46. The van der Waals surface area contributed by atoms with Crippen molar-refractivity contribution in [1.82, 2.24) is 15.4 Å². The number of unbranched alkanes of at least 4 members (excludes halogenated alkanes) is 2. The average Bonchev–Trinajstić information content (AvgIpc) is 2.37. The van der Waals surface area contributed by atoms with E-state index in [1.54, 1.807) is 0 Å². The van der Waals surface area contributed by atoms with E-state index in [4.69, 9.17) is 0 Å². The van der Waals surface area contributed by atoms with E-state index >= 15 is 0 Å². The van der Waals surface area contributed by atoms with Crippen molar-refractivity contribution in [3.05, 3.63) is 0 Å². The van der Waals surface area contributed by atoms with Crippen LogP contribution < -0.4 is 15.4 Å². The van der Waals surface area contributed by atoms with Crippen molar-refractivity contribution in [1.29, 1.82) is 0 Å². The van der Waals surface area contributed by atoms with E-state index in [1.165, 1.54) is 25.5 Å². The molecule has 0 heterocycles. The second-order valence-corrected chi connectivity index (χ2v) is 7.15. The number of rotatable bonds is 11. The van der Waals surface area contributed by atoms with Gasteiger partial charge in [-0.25, -0.2) is 13.1 Å². The fourth-order valence-electron chi connectivity index (χ4n) is 1.85. The van der Waals surface area contributed by atoms with Crippen molar-refractivity contribution in [3.63, 3.8) is 0 Å². The van der Waals surface area contributed by atoms with Gasteiger partial charge in [-0.05, 0) is 26.7 Å². The van der Waals surface area contributed by atoms with Gasteiger partial charge in [-0.1, -0.05) is 26.2 Å². The lowest BCUT2D eigenvalue weighted by atomic mass is 10.1. The number of halogens is 1. The molecule has 0 saturated heterocycles. The second kappa shape index (κ2) is 14.5. The topological polar surface area (TPSA) is 82.6 Å². The van der Waals surface area contributed by atoms with Crippen LogP contribution in [0, 0.1) is 0 Å². The van der Waals surface area contributed by atoms with Gasteiger partial charge in [-0.15, -0.1) is 24.0 Å². The number of aliphatic imine (C=N–C) groups is 1. The quantitative estimate of drug-likeness (QED) is 0.196. The van der Waals surface area contributed by atoms with E-state index in [1.807, 2.05) is 6.92 Å². The molecular weight excluding hydrogens is 415 g/mol. The molecule has 3 N–H and O–H groups in total. The van der Waals surface area contributed by atoms with E-state index < -0.39 is 10.0 Å². The highest BCUT2D eigenvalue weighted by molar-refractivity contribution is 14.0. The van der Waals surface area contributed by atoms with Crippen LogP contribution in [0.4, 0.5) is 0 Å². The molecule has 0 aromatic heterocycles. The van der Waals surface area contributed by atoms with Crippen LogP contribution in [0.25, 0.3) is 0 Å². The van der Waals surface area contributed by atoms with Crippen LogP contribution in [0.15, 0.2) is 4.99 Å². The van der Waals surface area contributed by atoms with Crippen molar-refractivity contribution < 1.29 is 8.42 Å². The summed E-state index contributed by atoms with van der Waals surface area (Å²) in [5, 5.41) is 6.60. The maximum absolute atomic E-state index is 10.9. The summed E-state index contributed by atoms with van der Waals surface area (Å²) in [5.74, 6) is 0.806. The predicted molar refractivity (Wildman–Crippen MR) is 106 cm³/mol. The van der Waals surface area contributed by atoms with Gasteiger partial charge < -0.3 is 10.6 Å². The molecule has 0 aromatic carbocycles. The van der Waals surface area contributed by atoms with Crippen LogP contribution in [0.1, 0.15) is 52.9 Å². The number of guanidine groups is 1. The molecule has 22 heavy (non-hydrogen) atoms. The van der Waals surface area contributed by atoms with Crippen LogP contribution in [0.5, 0.6) is 0 Å². The molecule has 0 amide bonds. The fraction of sp³-hybridized carbons (Fsp3) is 0.929. The Morgan fingerprint density at radius 2 is 1.86 bits per heavy atom. The molecule has 1 atom stereocenters. The average molecular weight is 448 g/mol. The first-order valence-corrected chi connectivity index (χ1v) is 9.77. The zero-order valence-electron chi connectivity index (χ0n) is 14.3. The van der Waals surface area contributed by atoms with E-state index in [0.29, 0.717) is 25.6 Å². The number of nitrogens with one attached hydrogen (secondary N) is 3. The summed E-state index contributed by atoms with van der Waals surface area (Å²) in [5.41, 5.74) is 0. The highest BCUT2D eigenvalue weighted by Crippen LogP contribution is 2.02. The van der Waals surface area contributed by atoms with Gasteiger partial charge in [-0.3, -0.25) is 4.99 Å². The summed E-state index contributed by atoms with van der Waals surface area (Å²) in [6.45, 7) is 8.23. The molecule has 0 aliphatic rings. The maximum atomic E-state index is 10.9. The Balaban J connectivity index is 0. The van der Waals surface area contributed by atoms with Gasteiger partial charge in [0, 0.05) is 25.7 Å². The molecule has 134 valence electrons. The first-order chi connectivity index (χ1) is 9.89. The Hall–Kier alpha value is -0.0900. The van der Waals surface area contributed by atoms with E-state index in [2.05, 4.69) is 34.2 Å². The highest BCUT2D eigenvalue weighted by Gasteiger charge is 2.04. The van der Waals surface area contributed by atoms with Crippen molar-refractivity contribution in [2.45, 2.75) is 58.9 Å². The molecule has 6 nitrogen and oxygen atoms in total. The van der Waals surface area contributed by atoms with Crippen molar-refractivity contribution in [2.75, 3.05) is 25.9 Å². The minimum Gasteiger partial charge on any atom is -0.357 e. The number of hydrogen-bond acceptors (Lipinski definition) is 3. The Kier molecular flexibility index (Phi) is 15.9. The Labute approximate surface area is 153 Å². The van der Waals surface area contributed by atoms with Gasteiger partial charge in [0.05, 0.1) is 6.26 Å². The normalized spacial score (nSPS) is 13.4. The van der Waals surface area contributed by atoms with Gasteiger partial charge in [0.2, 0.25) is 10.0 Å². The monoisotopic (exact) mass is 448 g/mol. The lowest BCUT2D eigenvalue weighted by Gasteiger charge is -2.17. The summed E-state index contributed by atoms with van der Waals surface area (Å²) in [6.07, 6.45) is 6.70. The molecule has 0 rings (SSSR count). The summed E-state index contributed by atoms with van der Waals surface area (Å²) < 4.78 is 24.3. The Bertz CT molecular complexity index is 388. The lowest BCUT2D eigenvalue weighted by Crippen LogP contribution is -2.42. The molecular formula is C14H33IN4O2S. The third-order valence-corrected chi connectivity index (χ3v) is 3.67. The maximum Gasteiger partial charge on any atom is 0.208 e. The number of nitrogens with zero attached hydrogens (tertiary/aromatic N) is 1. The lowest BCUT2D eigenvalue weighted by molar-refractivity contribution is 0.546. The molecule has 8 heteroatoms. The minimum absolute atomic E-state index is 0. The van der Waals surface area contributed by atoms with Gasteiger partial charge in [0.1, 0.15) is 0 Å². The van der Waals surface area contributed by atoms with Crippen LogP contribution >= 0.6 is 24.0 Å². The third kappa shape index (κ3) is 16.3. The minimum atomic E-state index is -3.10. The zero-order valence-corrected chi connectivity index (χ0v) is 17.5. The highest BCUT2D eigenvalue weighted by atomic mass is 127. The van der Waals surface area contributed by atoms with E-state index in [9.17, 15) is 8.42 Å². The molecule has 0 spiro atoms. The van der Waals surface area contributed by atoms with Crippen LogP contribution in [0.3, 0.4) is 0 Å². The SMILES string of the molecule is CCCCCC(C)NC(=NCCCNS(C)(=O)=O)NCC.I. The molecule has 0 radical (unpaired) electrons. The number of sulfonamides is 1. The molecule has 0 aliphatic heterocycles. The Morgan fingerprint density at radius 1 is 1.18 bits per heavy atom. The van der Waals surface area contributed by atoms with Gasteiger partial charge in [-0.2, -0.15) is 0 Å². The van der Waals surface area contributed by atoms with Crippen molar-refractivity contribution in [3.8, 4) is 0 Å². The molecule has 0 aromatic rings. The Morgan fingerprint density at radius 3 is 2.41 bits per heavy atom. The summed E-state index contributed by atoms with van der Waals surface area (Å²) >= 11 is 0.